The van der Waals surface area contributed by atoms with Crippen LogP contribution >= 0.6 is 11.6 Å². The minimum Gasteiger partial charge on any atom is -0.320 e. The Hall–Kier alpha value is -4.64. The van der Waals surface area contributed by atoms with Gasteiger partial charge in [0.15, 0.2) is 0 Å². The van der Waals surface area contributed by atoms with Gasteiger partial charge in [-0.25, -0.2) is 4.39 Å². The summed E-state index contributed by atoms with van der Waals surface area (Å²) in [6.45, 7) is 0. The minimum atomic E-state index is -0.952. The molecule has 0 bridgehead atoms. The van der Waals surface area contributed by atoms with Crippen LogP contribution < -0.4 is 10.6 Å². The van der Waals surface area contributed by atoms with Crippen LogP contribution in [-0.4, -0.2) is 21.7 Å². The molecule has 0 atom stereocenters. The number of hydrogen-bond acceptors (Lipinski definition) is 6. The van der Waals surface area contributed by atoms with Crippen molar-refractivity contribution in [2.24, 2.45) is 0 Å². The predicted octanol–water partition coefficient (Wildman–Crippen LogP) is 4.71. The number of carbonyl (C=O) groups excluding carboxylic acids is 2. The second kappa shape index (κ2) is 10.3. The molecule has 0 aliphatic rings. The van der Waals surface area contributed by atoms with E-state index in [2.05, 4.69) is 10.6 Å². The van der Waals surface area contributed by atoms with E-state index in [9.17, 15) is 34.2 Å². The summed E-state index contributed by atoms with van der Waals surface area (Å²) in [6, 6.07) is 13.8. The molecule has 0 saturated carbocycles. The van der Waals surface area contributed by atoms with Crippen molar-refractivity contribution in [3.63, 3.8) is 0 Å². The maximum atomic E-state index is 14.0. The lowest BCUT2D eigenvalue weighted by Gasteiger charge is -2.12. The van der Waals surface area contributed by atoms with E-state index < -0.39 is 38.9 Å². The molecule has 3 aromatic carbocycles. The van der Waals surface area contributed by atoms with Crippen molar-refractivity contribution >= 4 is 46.6 Å². The van der Waals surface area contributed by atoms with Crippen LogP contribution in [0.1, 0.15) is 15.9 Å². The zero-order valence-electron chi connectivity index (χ0n) is 17.0. The molecule has 34 heavy (non-hydrogen) atoms. The summed E-state index contributed by atoms with van der Waals surface area (Å²) in [4.78, 5) is 46.3. The molecule has 12 heteroatoms. The van der Waals surface area contributed by atoms with E-state index in [0.29, 0.717) is 0 Å². The largest absolute Gasteiger partial charge is 0.320 e. The molecule has 10 nitrogen and oxygen atoms in total. The Balaban J connectivity index is 1.98. The number of benzene rings is 3. The average Bonchev–Trinajstić information content (AvgIpc) is 2.80. The summed E-state index contributed by atoms with van der Waals surface area (Å²) in [5.74, 6) is -2.71. The van der Waals surface area contributed by atoms with Crippen LogP contribution in [0.3, 0.4) is 0 Å². The van der Waals surface area contributed by atoms with Crippen molar-refractivity contribution < 1.29 is 23.8 Å². The highest BCUT2D eigenvalue weighted by atomic mass is 35.5. The van der Waals surface area contributed by atoms with E-state index in [1.807, 2.05) is 0 Å². The summed E-state index contributed by atoms with van der Waals surface area (Å²) in [6.07, 6.45) is 1.14. The van der Waals surface area contributed by atoms with Gasteiger partial charge >= 0.3 is 0 Å². The molecule has 0 radical (unpaired) electrons. The molecule has 0 aromatic heterocycles. The smallest absolute Gasteiger partial charge is 0.289 e. The van der Waals surface area contributed by atoms with Crippen LogP contribution in [0.15, 0.2) is 72.4 Å². The zero-order chi connectivity index (χ0) is 24.8. The van der Waals surface area contributed by atoms with E-state index >= 15 is 0 Å². The van der Waals surface area contributed by atoms with Gasteiger partial charge in [0.1, 0.15) is 16.5 Å². The number of amides is 2. The Morgan fingerprint density at radius 3 is 2.35 bits per heavy atom. The predicted molar refractivity (Wildman–Crippen MR) is 122 cm³/mol. The van der Waals surface area contributed by atoms with Gasteiger partial charge in [-0.2, -0.15) is 0 Å². The number of carbonyl (C=O) groups is 2. The van der Waals surface area contributed by atoms with Crippen molar-refractivity contribution in [2.75, 3.05) is 5.32 Å². The van der Waals surface area contributed by atoms with Gasteiger partial charge in [0.25, 0.3) is 23.2 Å². The monoisotopic (exact) mass is 484 g/mol. The first-order valence-corrected chi connectivity index (χ1v) is 9.81. The number of hydrogen-bond donors (Lipinski definition) is 2. The molecule has 0 aliphatic heterocycles. The SMILES string of the molecule is O=C(Nc1ccc(Cl)c([N+](=O)[O-])c1)/C(=C/c1cccc([N+](=O)[O-])c1)NC(=O)c1ccccc1F. The number of anilines is 1. The maximum absolute atomic E-state index is 14.0. The highest BCUT2D eigenvalue weighted by Gasteiger charge is 2.19. The van der Waals surface area contributed by atoms with E-state index in [4.69, 9.17) is 11.6 Å². The fourth-order valence-electron chi connectivity index (χ4n) is 2.82. The molecular formula is C22H14ClFN4O6. The average molecular weight is 485 g/mol. The summed E-state index contributed by atoms with van der Waals surface area (Å²) >= 11 is 5.78. The quantitative estimate of drug-likeness (QED) is 0.282. The summed E-state index contributed by atoms with van der Waals surface area (Å²) < 4.78 is 14.0. The van der Waals surface area contributed by atoms with E-state index in [0.717, 1.165) is 24.3 Å². The fourth-order valence-corrected chi connectivity index (χ4v) is 3.00. The van der Waals surface area contributed by atoms with Crippen LogP contribution in [-0.2, 0) is 4.79 Å². The lowest BCUT2D eigenvalue weighted by molar-refractivity contribution is -0.385. The number of nitro benzene ring substituents is 2. The van der Waals surface area contributed by atoms with E-state index in [-0.39, 0.29) is 27.5 Å². The van der Waals surface area contributed by atoms with Gasteiger partial charge in [0.05, 0.1) is 15.4 Å². The minimum absolute atomic E-state index is 0.00816. The molecule has 0 unspecified atom stereocenters. The van der Waals surface area contributed by atoms with Crippen molar-refractivity contribution in [2.45, 2.75) is 0 Å². The van der Waals surface area contributed by atoms with Gasteiger partial charge in [0.2, 0.25) is 0 Å². The summed E-state index contributed by atoms with van der Waals surface area (Å²) in [7, 11) is 0. The first-order valence-electron chi connectivity index (χ1n) is 9.43. The number of nitro groups is 2. The third kappa shape index (κ3) is 5.78. The molecule has 2 N–H and O–H groups in total. The van der Waals surface area contributed by atoms with Crippen LogP contribution in [0.25, 0.3) is 6.08 Å². The van der Waals surface area contributed by atoms with Crippen LogP contribution in [0, 0.1) is 26.0 Å². The second-order valence-corrected chi connectivity index (χ2v) is 7.13. The van der Waals surface area contributed by atoms with Crippen LogP contribution in [0.2, 0.25) is 5.02 Å². The Morgan fingerprint density at radius 1 is 0.941 bits per heavy atom. The van der Waals surface area contributed by atoms with Gasteiger partial charge in [-0.15, -0.1) is 0 Å². The maximum Gasteiger partial charge on any atom is 0.289 e. The Labute approximate surface area is 196 Å². The van der Waals surface area contributed by atoms with Gasteiger partial charge in [0, 0.05) is 23.9 Å². The molecule has 172 valence electrons. The first kappa shape index (κ1) is 24.0. The Morgan fingerprint density at radius 2 is 1.68 bits per heavy atom. The fraction of sp³-hybridized carbons (Fsp3) is 0. The first-order chi connectivity index (χ1) is 16.2. The highest BCUT2D eigenvalue weighted by molar-refractivity contribution is 6.32. The van der Waals surface area contributed by atoms with Gasteiger partial charge in [-0.3, -0.25) is 29.8 Å². The van der Waals surface area contributed by atoms with Gasteiger partial charge < -0.3 is 10.6 Å². The van der Waals surface area contributed by atoms with E-state index in [1.165, 1.54) is 48.5 Å². The molecule has 0 saturated heterocycles. The Bertz CT molecular complexity index is 1340. The van der Waals surface area contributed by atoms with Gasteiger partial charge in [-0.05, 0) is 35.9 Å². The summed E-state index contributed by atoms with van der Waals surface area (Å²) in [5.41, 5.74) is -1.28. The number of nitrogens with one attached hydrogen (secondary N) is 2. The second-order valence-electron chi connectivity index (χ2n) is 6.72. The van der Waals surface area contributed by atoms with Crippen molar-refractivity contribution in [3.05, 3.63) is 115 Å². The number of halogens is 2. The molecule has 0 heterocycles. The molecule has 2 amide bonds. The van der Waals surface area contributed by atoms with E-state index in [1.54, 1.807) is 0 Å². The van der Waals surface area contributed by atoms with Crippen LogP contribution in [0.4, 0.5) is 21.5 Å². The van der Waals surface area contributed by atoms with Crippen molar-refractivity contribution in [1.82, 2.24) is 5.32 Å². The molecule has 3 rings (SSSR count). The Kier molecular flexibility index (Phi) is 7.29. The van der Waals surface area contributed by atoms with Gasteiger partial charge in [-0.1, -0.05) is 35.9 Å². The molecule has 0 fully saturated rings. The van der Waals surface area contributed by atoms with Crippen molar-refractivity contribution in [3.8, 4) is 0 Å². The molecule has 0 aliphatic carbocycles. The third-order valence-electron chi connectivity index (χ3n) is 4.40. The number of nitrogens with zero attached hydrogens (tertiary/aromatic N) is 2. The topological polar surface area (TPSA) is 144 Å². The summed E-state index contributed by atoms with van der Waals surface area (Å²) in [5, 5.41) is 26.7. The molecule has 0 spiro atoms. The normalized spacial score (nSPS) is 10.9. The lowest BCUT2D eigenvalue weighted by atomic mass is 10.1. The highest BCUT2D eigenvalue weighted by Crippen LogP contribution is 2.27. The zero-order valence-corrected chi connectivity index (χ0v) is 17.8. The molecule has 3 aromatic rings. The molecular weight excluding hydrogens is 471 g/mol. The van der Waals surface area contributed by atoms with Crippen molar-refractivity contribution in [1.29, 1.82) is 0 Å². The number of non-ortho nitro benzene ring substituents is 1. The standard InChI is InChI=1S/C22H14ClFN4O6/c23-17-9-8-14(12-20(17)28(33)34)25-22(30)19(11-13-4-3-5-15(10-13)27(31)32)26-21(29)16-6-1-2-7-18(16)24/h1-12H,(H,25,30)(H,26,29)/b19-11-. The number of rotatable bonds is 7. The van der Waals surface area contributed by atoms with Crippen LogP contribution in [0.5, 0.6) is 0 Å². The lowest BCUT2D eigenvalue weighted by Crippen LogP contribution is -2.31. The third-order valence-corrected chi connectivity index (χ3v) is 4.72.